The fraction of sp³-hybridized carbons (Fsp3) is 0.294. The van der Waals surface area contributed by atoms with E-state index < -0.39 is 23.1 Å². The Morgan fingerprint density at radius 3 is 2.46 bits per heavy atom. The second-order valence-electron chi connectivity index (χ2n) is 5.58. The Kier molecular flexibility index (Phi) is 6.79. The molecule has 1 aromatic carbocycles. The Balaban J connectivity index is 1.74. The van der Waals surface area contributed by atoms with Crippen LogP contribution in [0, 0.1) is 13.8 Å². The van der Waals surface area contributed by atoms with Crippen molar-refractivity contribution in [1.29, 1.82) is 0 Å². The van der Waals surface area contributed by atoms with Gasteiger partial charge < -0.3 is 15.0 Å². The molecule has 2 aromatic rings. The normalized spacial score (nSPS) is 10.4. The Labute approximate surface area is 153 Å². The number of carbonyl (C=O) groups excluding carboxylic acids is 2. The van der Waals surface area contributed by atoms with E-state index in [2.05, 4.69) is 15.3 Å². The van der Waals surface area contributed by atoms with E-state index >= 15 is 0 Å². The molecule has 138 valence electrons. The fourth-order valence-electron chi connectivity index (χ4n) is 2.06. The second-order valence-corrected chi connectivity index (χ2v) is 6.57. The molecule has 0 fully saturated rings. The Bertz CT molecular complexity index is 902. The molecule has 0 aliphatic heterocycles. The highest BCUT2D eigenvalue weighted by atomic mass is 32.2. The number of aromatic nitrogens is 2. The van der Waals surface area contributed by atoms with E-state index in [-0.39, 0.29) is 18.1 Å². The Hall–Kier alpha value is -2.81. The first-order valence-electron chi connectivity index (χ1n) is 7.77. The summed E-state index contributed by atoms with van der Waals surface area (Å²) < 4.78 is 4.90. The van der Waals surface area contributed by atoms with E-state index in [9.17, 15) is 19.2 Å². The SMILES string of the molecule is Cc1ccc(NC(=O)COC(=O)CSCc2c(C)[nH]c(=O)[nH]c2=O)cc1. The number of carbonyl (C=O) groups is 2. The van der Waals surface area contributed by atoms with Crippen LogP contribution in [0.4, 0.5) is 5.69 Å². The maximum absolute atomic E-state index is 11.7. The van der Waals surface area contributed by atoms with Crippen molar-refractivity contribution in [2.24, 2.45) is 0 Å². The van der Waals surface area contributed by atoms with Crippen molar-refractivity contribution in [2.75, 3.05) is 17.7 Å². The van der Waals surface area contributed by atoms with Crippen molar-refractivity contribution < 1.29 is 14.3 Å². The van der Waals surface area contributed by atoms with Crippen molar-refractivity contribution in [3.8, 4) is 0 Å². The van der Waals surface area contributed by atoms with Gasteiger partial charge in [-0.1, -0.05) is 17.7 Å². The quantitative estimate of drug-likeness (QED) is 0.621. The van der Waals surface area contributed by atoms with Crippen molar-refractivity contribution >= 4 is 29.3 Å². The lowest BCUT2D eigenvalue weighted by Gasteiger charge is -2.07. The first-order chi connectivity index (χ1) is 12.3. The second kappa shape index (κ2) is 9.04. The number of esters is 1. The van der Waals surface area contributed by atoms with Crippen LogP contribution in [0.1, 0.15) is 16.8 Å². The number of aromatic amines is 2. The van der Waals surface area contributed by atoms with E-state index in [0.717, 1.165) is 17.3 Å². The van der Waals surface area contributed by atoms with Crippen LogP contribution in [0.15, 0.2) is 33.9 Å². The van der Waals surface area contributed by atoms with Gasteiger partial charge in [0.1, 0.15) is 0 Å². The summed E-state index contributed by atoms with van der Waals surface area (Å²) in [5.74, 6) is -0.772. The number of anilines is 1. The zero-order valence-corrected chi connectivity index (χ0v) is 15.2. The van der Waals surface area contributed by atoms with Crippen molar-refractivity contribution in [2.45, 2.75) is 19.6 Å². The molecular formula is C17H19N3O5S. The molecule has 1 aromatic heterocycles. The molecule has 1 amide bonds. The van der Waals surface area contributed by atoms with Crippen LogP contribution < -0.4 is 16.6 Å². The number of benzene rings is 1. The number of amides is 1. The molecule has 8 nitrogen and oxygen atoms in total. The third kappa shape index (κ3) is 5.92. The highest BCUT2D eigenvalue weighted by Crippen LogP contribution is 2.11. The summed E-state index contributed by atoms with van der Waals surface area (Å²) in [7, 11) is 0. The first-order valence-corrected chi connectivity index (χ1v) is 8.92. The van der Waals surface area contributed by atoms with Gasteiger partial charge in [-0.2, -0.15) is 0 Å². The minimum atomic E-state index is -0.569. The number of hydrogen-bond donors (Lipinski definition) is 3. The van der Waals surface area contributed by atoms with Gasteiger partial charge in [0.25, 0.3) is 11.5 Å². The number of H-pyrrole nitrogens is 2. The highest BCUT2D eigenvalue weighted by Gasteiger charge is 2.10. The lowest BCUT2D eigenvalue weighted by molar-refractivity contribution is -0.144. The Morgan fingerprint density at radius 1 is 1.12 bits per heavy atom. The molecule has 0 aliphatic rings. The van der Waals surface area contributed by atoms with Gasteiger partial charge in [0.2, 0.25) is 0 Å². The molecule has 1 heterocycles. The summed E-state index contributed by atoms with van der Waals surface area (Å²) in [4.78, 5) is 50.9. The molecular weight excluding hydrogens is 358 g/mol. The number of nitrogens with one attached hydrogen (secondary N) is 3. The summed E-state index contributed by atoms with van der Waals surface area (Å²) in [6.07, 6.45) is 0. The largest absolute Gasteiger partial charge is 0.455 e. The van der Waals surface area contributed by atoms with Crippen molar-refractivity contribution in [3.05, 3.63) is 61.9 Å². The summed E-state index contributed by atoms with van der Waals surface area (Å²) in [6.45, 7) is 3.17. The molecule has 0 bridgehead atoms. The minimum absolute atomic E-state index is 0.0180. The lowest BCUT2D eigenvalue weighted by Crippen LogP contribution is -2.26. The van der Waals surface area contributed by atoms with E-state index in [0.29, 0.717) is 16.9 Å². The molecule has 0 spiro atoms. The van der Waals surface area contributed by atoms with Crippen LogP contribution in [0.5, 0.6) is 0 Å². The third-order valence-electron chi connectivity index (χ3n) is 3.42. The molecule has 26 heavy (non-hydrogen) atoms. The first kappa shape index (κ1) is 19.5. The van der Waals surface area contributed by atoms with E-state index in [1.165, 1.54) is 0 Å². The molecule has 0 saturated carbocycles. The lowest BCUT2D eigenvalue weighted by atomic mass is 10.2. The number of ether oxygens (including phenoxy) is 1. The third-order valence-corrected chi connectivity index (χ3v) is 4.35. The summed E-state index contributed by atoms with van der Waals surface area (Å²) >= 11 is 1.16. The van der Waals surface area contributed by atoms with E-state index in [1.807, 2.05) is 19.1 Å². The number of aryl methyl sites for hydroxylation is 2. The van der Waals surface area contributed by atoms with Crippen LogP contribution in [0.2, 0.25) is 0 Å². The molecule has 3 N–H and O–H groups in total. The maximum atomic E-state index is 11.7. The molecule has 0 saturated heterocycles. The highest BCUT2D eigenvalue weighted by molar-refractivity contribution is 7.99. The Morgan fingerprint density at radius 2 is 1.81 bits per heavy atom. The topological polar surface area (TPSA) is 121 Å². The van der Waals surface area contributed by atoms with Crippen molar-refractivity contribution in [1.82, 2.24) is 9.97 Å². The van der Waals surface area contributed by atoms with Gasteiger partial charge in [-0.25, -0.2) is 4.79 Å². The summed E-state index contributed by atoms with van der Waals surface area (Å²) in [5.41, 5.74) is 1.49. The van der Waals surface area contributed by atoms with Crippen LogP contribution in [-0.4, -0.2) is 34.2 Å². The number of hydrogen-bond acceptors (Lipinski definition) is 6. The van der Waals surface area contributed by atoms with Crippen LogP contribution in [0.25, 0.3) is 0 Å². The van der Waals surface area contributed by atoms with Gasteiger partial charge >= 0.3 is 11.7 Å². The average Bonchev–Trinajstić information content (AvgIpc) is 2.57. The van der Waals surface area contributed by atoms with Gasteiger partial charge in [-0.15, -0.1) is 11.8 Å². The smallest absolute Gasteiger partial charge is 0.325 e. The molecule has 0 aliphatic carbocycles. The minimum Gasteiger partial charge on any atom is -0.455 e. The van der Waals surface area contributed by atoms with Gasteiger partial charge in [0.05, 0.1) is 5.75 Å². The van der Waals surface area contributed by atoms with Gasteiger partial charge in [0.15, 0.2) is 6.61 Å². The summed E-state index contributed by atoms with van der Waals surface area (Å²) in [5, 5.41) is 2.62. The van der Waals surface area contributed by atoms with Gasteiger partial charge in [-0.3, -0.25) is 19.4 Å². The number of thioether (sulfide) groups is 1. The van der Waals surface area contributed by atoms with Crippen LogP contribution in [0.3, 0.4) is 0 Å². The van der Waals surface area contributed by atoms with Crippen molar-refractivity contribution in [3.63, 3.8) is 0 Å². The van der Waals surface area contributed by atoms with Gasteiger partial charge in [0, 0.05) is 22.7 Å². The monoisotopic (exact) mass is 377 g/mol. The predicted molar refractivity (Wildman–Crippen MR) is 99.4 cm³/mol. The predicted octanol–water partition coefficient (Wildman–Crippen LogP) is 1.10. The van der Waals surface area contributed by atoms with Crippen LogP contribution >= 0.6 is 11.8 Å². The standard InChI is InChI=1S/C17H19N3O5S/c1-10-3-5-12(6-4-10)19-14(21)7-25-15(22)9-26-8-13-11(2)18-17(24)20-16(13)23/h3-6H,7-9H2,1-2H3,(H,19,21)(H2,18,20,23,24). The molecule has 0 unspecified atom stereocenters. The van der Waals surface area contributed by atoms with E-state index in [1.54, 1.807) is 19.1 Å². The fourth-order valence-corrected chi connectivity index (χ4v) is 2.96. The van der Waals surface area contributed by atoms with E-state index in [4.69, 9.17) is 4.74 Å². The molecule has 0 atom stereocenters. The average molecular weight is 377 g/mol. The van der Waals surface area contributed by atoms with Crippen LogP contribution in [-0.2, 0) is 20.1 Å². The molecule has 9 heteroatoms. The zero-order valence-electron chi connectivity index (χ0n) is 14.4. The number of rotatable bonds is 7. The van der Waals surface area contributed by atoms with Gasteiger partial charge in [-0.05, 0) is 26.0 Å². The molecule has 2 rings (SSSR count). The maximum Gasteiger partial charge on any atom is 0.325 e. The zero-order chi connectivity index (χ0) is 19.1. The molecule has 0 radical (unpaired) electrons. The summed E-state index contributed by atoms with van der Waals surface area (Å²) in [6, 6.07) is 7.24.